The van der Waals surface area contributed by atoms with Crippen molar-refractivity contribution in [3.05, 3.63) is 58.1 Å². The van der Waals surface area contributed by atoms with Crippen LogP contribution in [0.1, 0.15) is 17.5 Å². The Hall–Kier alpha value is -2.88. The summed E-state index contributed by atoms with van der Waals surface area (Å²) in [6.45, 7) is 0. The zero-order chi connectivity index (χ0) is 20.0. The van der Waals surface area contributed by atoms with E-state index in [4.69, 9.17) is 0 Å². The predicted octanol–water partition coefficient (Wildman–Crippen LogP) is 3.65. The Morgan fingerprint density at radius 3 is 2.56 bits per heavy atom. The molecule has 0 fully saturated rings. The second-order valence-electron chi connectivity index (χ2n) is 5.31. The van der Waals surface area contributed by atoms with E-state index in [-0.39, 0.29) is 11.4 Å². The van der Waals surface area contributed by atoms with Crippen LogP contribution in [-0.2, 0) is 15.8 Å². The molecule has 6 nitrogen and oxygen atoms in total. The van der Waals surface area contributed by atoms with Crippen molar-refractivity contribution in [1.29, 1.82) is 0 Å². The van der Waals surface area contributed by atoms with Gasteiger partial charge in [-0.25, -0.2) is 5.43 Å². The fourth-order valence-corrected chi connectivity index (χ4v) is 2.34. The first-order chi connectivity index (χ1) is 12.6. The van der Waals surface area contributed by atoms with E-state index in [1.165, 1.54) is 18.3 Å². The molecule has 0 aliphatic heterocycles. The first-order valence-corrected chi connectivity index (χ1v) is 8.22. The summed E-state index contributed by atoms with van der Waals surface area (Å²) in [5.41, 5.74) is 1.73. The van der Waals surface area contributed by atoms with Gasteiger partial charge in [-0.2, -0.15) is 18.3 Å². The number of hydrogen-bond acceptors (Lipinski definition) is 4. The molecule has 2 rings (SSSR count). The molecular weight excluding hydrogens is 431 g/mol. The third kappa shape index (κ3) is 6.41. The highest BCUT2D eigenvalue weighted by atomic mass is 79.9. The van der Waals surface area contributed by atoms with Gasteiger partial charge < -0.3 is 10.4 Å². The smallest absolute Gasteiger partial charge is 0.416 e. The Morgan fingerprint density at radius 1 is 1.15 bits per heavy atom. The SMILES string of the molecule is O=C(CC(=O)Nc1cccc(C(F)(F)F)c1)N/N=C/c1ccc(O)c(Br)c1. The van der Waals surface area contributed by atoms with Crippen molar-refractivity contribution in [2.24, 2.45) is 5.10 Å². The maximum Gasteiger partial charge on any atom is 0.416 e. The molecular formula is C17H13BrF3N3O3. The number of carbonyl (C=O) groups is 2. The summed E-state index contributed by atoms with van der Waals surface area (Å²) in [6, 6.07) is 8.62. The van der Waals surface area contributed by atoms with Gasteiger partial charge in [-0.3, -0.25) is 9.59 Å². The molecule has 0 aliphatic rings. The molecule has 0 heterocycles. The molecule has 2 amide bonds. The van der Waals surface area contributed by atoms with E-state index in [1.54, 1.807) is 12.1 Å². The molecule has 0 spiro atoms. The van der Waals surface area contributed by atoms with Crippen molar-refractivity contribution in [2.45, 2.75) is 12.6 Å². The fourth-order valence-electron chi connectivity index (χ4n) is 1.95. The van der Waals surface area contributed by atoms with Gasteiger partial charge in [-0.05, 0) is 57.9 Å². The lowest BCUT2D eigenvalue weighted by atomic mass is 10.2. The highest BCUT2D eigenvalue weighted by molar-refractivity contribution is 9.10. The molecule has 10 heteroatoms. The van der Waals surface area contributed by atoms with Gasteiger partial charge in [-0.1, -0.05) is 6.07 Å². The topological polar surface area (TPSA) is 90.8 Å². The van der Waals surface area contributed by atoms with Gasteiger partial charge in [0.1, 0.15) is 12.2 Å². The summed E-state index contributed by atoms with van der Waals surface area (Å²) < 4.78 is 38.3. The molecule has 0 bridgehead atoms. The second-order valence-corrected chi connectivity index (χ2v) is 6.16. The molecule has 0 aromatic heterocycles. The number of nitrogens with one attached hydrogen (secondary N) is 2. The van der Waals surface area contributed by atoms with Crippen LogP contribution >= 0.6 is 15.9 Å². The number of alkyl halides is 3. The normalized spacial score (nSPS) is 11.4. The minimum Gasteiger partial charge on any atom is -0.507 e. The lowest BCUT2D eigenvalue weighted by molar-refractivity contribution is -0.137. The Morgan fingerprint density at radius 2 is 1.89 bits per heavy atom. The van der Waals surface area contributed by atoms with Crippen LogP contribution in [0.3, 0.4) is 0 Å². The summed E-state index contributed by atoms with van der Waals surface area (Å²) in [6.07, 6.45) is -3.85. The molecule has 3 N–H and O–H groups in total. The van der Waals surface area contributed by atoms with Crippen molar-refractivity contribution < 1.29 is 27.9 Å². The van der Waals surface area contributed by atoms with Crippen LogP contribution in [0.4, 0.5) is 18.9 Å². The maximum atomic E-state index is 12.6. The average Bonchev–Trinajstić information content (AvgIpc) is 2.57. The molecule has 27 heavy (non-hydrogen) atoms. The molecule has 2 aromatic rings. The molecule has 0 saturated carbocycles. The number of amides is 2. The van der Waals surface area contributed by atoms with E-state index in [0.29, 0.717) is 10.0 Å². The molecule has 0 saturated heterocycles. The predicted molar refractivity (Wildman–Crippen MR) is 96.2 cm³/mol. The van der Waals surface area contributed by atoms with Crippen molar-refractivity contribution in [3.8, 4) is 5.75 Å². The zero-order valence-corrected chi connectivity index (χ0v) is 15.1. The van der Waals surface area contributed by atoms with Crippen molar-refractivity contribution in [3.63, 3.8) is 0 Å². The van der Waals surface area contributed by atoms with Crippen LogP contribution in [0.25, 0.3) is 0 Å². The number of nitrogens with zero attached hydrogens (tertiary/aromatic N) is 1. The first-order valence-electron chi connectivity index (χ1n) is 7.42. The van der Waals surface area contributed by atoms with Crippen molar-refractivity contribution in [2.75, 3.05) is 5.32 Å². The van der Waals surface area contributed by atoms with E-state index in [9.17, 15) is 27.9 Å². The summed E-state index contributed by atoms with van der Waals surface area (Å²) >= 11 is 3.13. The molecule has 0 aliphatic carbocycles. The average molecular weight is 444 g/mol. The Kier molecular flexibility index (Phi) is 6.56. The third-order valence-corrected chi connectivity index (χ3v) is 3.80. The van der Waals surface area contributed by atoms with E-state index < -0.39 is 30.0 Å². The number of halogens is 4. The van der Waals surface area contributed by atoms with Gasteiger partial charge in [0.05, 0.1) is 16.3 Å². The van der Waals surface area contributed by atoms with E-state index in [2.05, 4.69) is 31.8 Å². The molecule has 0 radical (unpaired) electrons. The maximum absolute atomic E-state index is 12.6. The van der Waals surface area contributed by atoms with Gasteiger partial charge in [0.2, 0.25) is 11.8 Å². The number of phenolic OH excluding ortho intramolecular Hbond substituents is 1. The number of aromatic hydroxyl groups is 1. The van der Waals surface area contributed by atoms with Gasteiger partial charge in [0, 0.05) is 5.69 Å². The van der Waals surface area contributed by atoms with E-state index in [0.717, 1.165) is 18.2 Å². The highest BCUT2D eigenvalue weighted by Gasteiger charge is 2.30. The number of anilines is 1. The van der Waals surface area contributed by atoms with Crippen LogP contribution < -0.4 is 10.7 Å². The van der Waals surface area contributed by atoms with Gasteiger partial charge in [0.15, 0.2) is 0 Å². The van der Waals surface area contributed by atoms with Gasteiger partial charge in [-0.15, -0.1) is 0 Å². The number of phenols is 1. The summed E-state index contributed by atoms with van der Waals surface area (Å²) in [5.74, 6) is -1.48. The van der Waals surface area contributed by atoms with Crippen LogP contribution in [0, 0.1) is 0 Å². The number of carbonyl (C=O) groups excluding carboxylic acids is 2. The fraction of sp³-hybridized carbons (Fsp3) is 0.118. The number of hydrogen-bond donors (Lipinski definition) is 3. The van der Waals surface area contributed by atoms with Crippen LogP contribution in [0.2, 0.25) is 0 Å². The van der Waals surface area contributed by atoms with Crippen molar-refractivity contribution >= 4 is 39.6 Å². The van der Waals surface area contributed by atoms with E-state index in [1.807, 2.05) is 0 Å². The largest absolute Gasteiger partial charge is 0.507 e. The van der Waals surface area contributed by atoms with Crippen LogP contribution in [0.15, 0.2) is 52.0 Å². The van der Waals surface area contributed by atoms with E-state index >= 15 is 0 Å². The highest BCUT2D eigenvalue weighted by Crippen LogP contribution is 2.30. The van der Waals surface area contributed by atoms with Gasteiger partial charge >= 0.3 is 6.18 Å². The lowest BCUT2D eigenvalue weighted by Gasteiger charge is -2.09. The quantitative estimate of drug-likeness (QED) is 0.374. The van der Waals surface area contributed by atoms with Gasteiger partial charge in [0.25, 0.3) is 0 Å². The zero-order valence-electron chi connectivity index (χ0n) is 13.5. The van der Waals surface area contributed by atoms with Crippen LogP contribution in [0.5, 0.6) is 5.75 Å². The minimum atomic E-state index is -4.53. The molecule has 142 valence electrons. The first kappa shape index (κ1) is 20.4. The molecule has 2 aromatic carbocycles. The molecule has 0 atom stereocenters. The second kappa shape index (κ2) is 8.67. The number of rotatable bonds is 5. The third-order valence-electron chi connectivity index (χ3n) is 3.17. The Labute approximate surface area is 160 Å². The number of hydrazone groups is 1. The van der Waals surface area contributed by atoms with Crippen molar-refractivity contribution in [1.82, 2.24) is 5.43 Å². The Bertz CT molecular complexity index is 885. The Balaban J connectivity index is 1.87. The summed E-state index contributed by atoms with van der Waals surface area (Å²) in [4.78, 5) is 23.4. The number of benzene rings is 2. The standard InChI is InChI=1S/C17H13BrF3N3O3/c18-13-6-10(4-5-14(13)25)9-22-24-16(27)8-15(26)23-12-3-1-2-11(7-12)17(19,20)21/h1-7,9,25H,8H2,(H,23,26)(H,24,27)/b22-9+. The summed E-state index contributed by atoms with van der Waals surface area (Å²) in [7, 11) is 0. The monoisotopic (exact) mass is 443 g/mol. The molecule has 0 unspecified atom stereocenters. The summed E-state index contributed by atoms with van der Waals surface area (Å²) in [5, 5.41) is 15.3. The lowest BCUT2D eigenvalue weighted by Crippen LogP contribution is -2.24. The van der Waals surface area contributed by atoms with Crippen LogP contribution in [-0.4, -0.2) is 23.1 Å². The minimum absolute atomic E-state index is 0.0439.